The third-order valence-corrected chi connectivity index (χ3v) is 6.94. The standard InChI is InChI=1S/C20H39N3O12/c1-6-7(3-24)31-19(10(21)13(6)27)34-17-9(5-26)33-20(12(23)15(17)29)35-16-8(4-25)32-18(30-2)11(22)14(16)28/h6-20,24-29H,3-5,21-23H2,1-2H3/t6-,7+,8+,9?,10?,11?,12+,13?,14?,15?,16-,17-,18-,19+,20+/m1/s1. The lowest BCUT2D eigenvalue weighted by Gasteiger charge is -2.49. The van der Waals surface area contributed by atoms with Crippen LogP contribution in [-0.4, -0.2) is 143 Å². The Morgan fingerprint density at radius 2 is 1.00 bits per heavy atom. The second-order valence-electron chi connectivity index (χ2n) is 9.18. The Kier molecular flexibility index (Phi) is 10.2. The second-order valence-corrected chi connectivity index (χ2v) is 9.18. The van der Waals surface area contributed by atoms with Gasteiger partial charge in [0.15, 0.2) is 18.9 Å². The largest absolute Gasteiger partial charge is 0.394 e. The monoisotopic (exact) mass is 513 g/mol. The van der Waals surface area contributed by atoms with Crippen molar-refractivity contribution < 1.29 is 59.1 Å². The fourth-order valence-electron chi connectivity index (χ4n) is 4.61. The van der Waals surface area contributed by atoms with Crippen LogP contribution in [0.25, 0.3) is 0 Å². The summed E-state index contributed by atoms with van der Waals surface area (Å²) in [6, 6.07) is -3.27. The molecule has 0 aliphatic carbocycles. The van der Waals surface area contributed by atoms with Crippen LogP contribution in [0.5, 0.6) is 0 Å². The summed E-state index contributed by atoms with van der Waals surface area (Å²) in [7, 11) is 1.33. The molecule has 0 amide bonds. The van der Waals surface area contributed by atoms with E-state index in [1.165, 1.54) is 7.11 Å². The molecule has 6 unspecified atom stereocenters. The van der Waals surface area contributed by atoms with Gasteiger partial charge in [-0.3, -0.25) is 0 Å². The molecule has 0 radical (unpaired) electrons. The lowest BCUT2D eigenvalue weighted by Crippen LogP contribution is -2.69. The van der Waals surface area contributed by atoms with Gasteiger partial charge in [-0.1, -0.05) is 6.92 Å². The van der Waals surface area contributed by atoms with E-state index >= 15 is 0 Å². The smallest absolute Gasteiger partial charge is 0.176 e. The van der Waals surface area contributed by atoms with Gasteiger partial charge in [0.2, 0.25) is 0 Å². The fraction of sp³-hybridized carbons (Fsp3) is 1.00. The molecule has 0 saturated carbocycles. The van der Waals surface area contributed by atoms with E-state index in [2.05, 4.69) is 0 Å². The maximum Gasteiger partial charge on any atom is 0.176 e. The van der Waals surface area contributed by atoms with E-state index in [1.54, 1.807) is 6.92 Å². The third-order valence-electron chi connectivity index (χ3n) is 6.94. The Morgan fingerprint density at radius 1 is 0.629 bits per heavy atom. The maximum absolute atomic E-state index is 10.9. The van der Waals surface area contributed by atoms with Crippen LogP contribution >= 0.6 is 0 Å². The van der Waals surface area contributed by atoms with E-state index in [1.807, 2.05) is 0 Å². The first kappa shape index (κ1) is 29.0. The summed E-state index contributed by atoms with van der Waals surface area (Å²) in [5, 5.41) is 61.0. The van der Waals surface area contributed by atoms with E-state index in [0.29, 0.717) is 0 Å². The lowest BCUT2D eigenvalue weighted by molar-refractivity contribution is -0.347. The fourth-order valence-corrected chi connectivity index (χ4v) is 4.61. The third kappa shape index (κ3) is 5.79. The predicted octanol–water partition coefficient (Wildman–Crippen LogP) is -5.74. The number of aliphatic hydroxyl groups is 6. The zero-order chi connectivity index (χ0) is 26.0. The van der Waals surface area contributed by atoms with Crippen LogP contribution in [0.2, 0.25) is 0 Å². The Bertz CT molecular complexity index is 661. The molecule has 15 heteroatoms. The number of nitrogens with two attached hydrogens (primary N) is 3. The molecule has 0 aromatic rings. The SMILES string of the molecule is CO[C@@H]1O[C@@H](CO)[C@@H](O[C@@H]2OC(CO)[C@@H](O[C@@H]3O[C@@H](CO)[C@@H](C)C(O)C3N)C(O)[C@@H]2N)C(O)C1N. The van der Waals surface area contributed by atoms with Crippen LogP contribution in [0.3, 0.4) is 0 Å². The van der Waals surface area contributed by atoms with E-state index in [0.717, 1.165) is 0 Å². The highest BCUT2D eigenvalue weighted by atomic mass is 16.7. The Hall–Kier alpha value is -0.600. The van der Waals surface area contributed by atoms with Crippen LogP contribution in [-0.2, 0) is 28.4 Å². The molecule has 0 bridgehead atoms. The summed E-state index contributed by atoms with van der Waals surface area (Å²) in [6.07, 6.45) is -12.9. The molecule has 3 heterocycles. The average Bonchev–Trinajstić information content (AvgIpc) is 2.86. The van der Waals surface area contributed by atoms with Crippen molar-refractivity contribution in [3.63, 3.8) is 0 Å². The molecular weight excluding hydrogens is 474 g/mol. The van der Waals surface area contributed by atoms with Gasteiger partial charge in [-0.15, -0.1) is 0 Å². The molecule has 15 nitrogen and oxygen atoms in total. The van der Waals surface area contributed by atoms with E-state index < -0.39 is 112 Å². The van der Waals surface area contributed by atoms with Crippen molar-refractivity contribution in [1.82, 2.24) is 0 Å². The first-order chi connectivity index (χ1) is 16.6. The van der Waals surface area contributed by atoms with Crippen molar-refractivity contribution in [3.8, 4) is 0 Å². The van der Waals surface area contributed by atoms with Gasteiger partial charge in [0, 0.05) is 13.0 Å². The van der Waals surface area contributed by atoms with Gasteiger partial charge in [0.05, 0.1) is 50.2 Å². The molecule has 15 atom stereocenters. The minimum absolute atomic E-state index is 0.392. The molecule has 3 rings (SSSR count). The van der Waals surface area contributed by atoms with Crippen molar-refractivity contribution in [1.29, 1.82) is 0 Å². The maximum atomic E-state index is 10.9. The molecule has 3 fully saturated rings. The zero-order valence-electron chi connectivity index (χ0n) is 19.6. The minimum Gasteiger partial charge on any atom is -0.394 e. The van der Waals surface area contributed by atoms with Crippen LogP contribution < -0.4 is 17.2 Å². The van der Waals surface area contributed by atoms with Crippen LogP contribution in [0.4, 0.5) is 0 Å². The number of ether oxygens (including phenoxy) is 6. The lowest BCUT2D eigenvalue weighted by atomic mass is 9.89. The van der Waals surface area contributed by atoms with Gasteiger partial charge in [-0.2, -0.15) is 0 Å². The highest BCUT2D eigenvalue weighted by Gasteiger charge is 2.52. The number of aliphatic hydroxyl groups excluding tert-OH is 6. The molecule has 35 heavy (non-hydrogen) atoms. The van der Waals surface area contributed by atoms with E-state index in [-0.39, 0.29) is 0 Å². The van der Waals surface area contributed by atoms with Crippen molar-refractivity contribution >= 4 is 0 Å². The van der Waals surface area contributed by atoms with Gasteiger partial charge in [0.25, 0.3) is 0 Å². The molecule has 12 N–H and O–H groups in total. The van der Waals surface area contributed by atoms with Crippen molar-refractivity contribution in [2.75, 3.05) is 26.9 Å². The quantitative estimate of drug-likeness (QED) is 0.146. The predicted molar refractivity (Wildman–Crippen MR) is 115 cm³/mol. The second kappa shape index (κ2) is 12.3. The Balaban J connectivity index is 1.72. The number of hydrogen-bond acceptors (Lipinski definition) is 15. The van der Waals surface area contributed by atoms with Gasteiger partial charge in [-0.25, -0.2) is 0 Å². The van der Waals surface area contributed by atoms with Gasteiger partial charge < -0.3 is 76.3 Å². The zero-order valence-corrected chi connectivity index (χ0v) is 19.6. The average molecular weight is 514 g/mol. The summed E-state index contributed by atoms with van der Waals surface area (Å²) in [5.41, 5.74) is 18.1. The number of hydrogen-bond donors (Lipinski definition) is 9. The van der Waals surface area contributed by atoms with Gasteiger partial charge >= 0.3 is 0 Å². The Labute approximate surface area is 202 Å². The molecule has 3 saturated heterocycles. The number of rotatable bonds is 8. The minimum atomic E-state index is -1.47. The molecule has 0 aromatic heterocycles. The topological polar surface area (TPSA) is 255 Å². The molecule has 0 aromatic carbocycles. The Morgan fingerprint density at radius 3 is 1.43 bits per heavy atom. The van der Waals surface area contributed by atoms with Crippen LogP contribution in [0.1, 0.15) is 6.92 Å². The molecule has 3 aliphatic heterocycles. The van der Waals surface area contributed by atoms with E-state index in [4.69, 9.17) is 45.6 Å². The molecule has 206 valence electrons. The highest BCUT2D eigenvalue weighted by molar-refractivity contribution is 4.98. The summed E-state index contributed by atoms with van der Waals surface area (Å²) >= 11 is 0. The first-order valence-electron chi connectivity index (χ1n) is 11.5. The molecule has 0 spiro atoms. The van der Waals surface area contributed by atoms with Crippen molar-refractivity contribution in [2.45, 2.75) is 92.8 Å². The highest BCUT2D eigenvalue weighted by Crippen LogP contribution is 2.32. The number of methoxy groups -OCH3 is 1. The summed E-state index contributed by atoms with van der Waals surface area (Å²) < 4.78 is 33.5. The van der Waals surface area contributed by atoms with E-state index in [9.17, 15) is 30.6 Å². The van der Waals surface area contributed by atoms with Gasteiger partial charge in [0.1, 0.15) is 36.6 Å². The van der Waals surface area contributed by atoms with Crippen molar-refractivity contribution in [3.05, 3.63) is 0 Å². The molecular formula is C20H39N3O12. The van der Waals surface area contributed by atoms with Crippen LogP contribution in [0, 0.1) is 5.92 Å². The van der Waals surface area contributed by atoms with Gasteiger partial charge in [-0.05, 0) is 0 Å². The molecule has 3 aliphatic rings. The van der Waals surface area contributed by atoms with Crippen LogP contribution in [0.15, 0.2) is 0 Å². The summed E-state index contributed by atoms with van der Waals surface area (Å²) in [5.74, 6) is -0.469. The normalized spacial score (nSPS) is 51.3. The first-order valence-corrected chi connectivity index (χ1v) is 11.5. The summed E-state index contributed by atoms with van der Waals surface area (Å²) in [4.78, 5) is 0. The summed E-state index contributed by atoms with van der Waals surface area (Å²) in [6.45, 7) is 0.102. The van der Waals surface area contributed by atoms with Crippen molar-refractivity contribution in [2.24, 2.45) is 23.1 Å².